The van der Waals surface area contributed by atoms with E-state index in [1.807, 2.05) is 0 Å². The van der Waals surface area contributed by atoms with Gasteiger partial charge < -0.3 is 0 Å². The standard InChI is InChI=1S/C14H15Cl3O/c1-2-14(5-3-4-6-14)13(18)12-10(16)7-9(15)8-11(12)17/h7-8H,2-6H2,1H3. The molecule has 1 aromatic rings. The molecule has 1 aliphatic carbocycles. The van der Waals surface area contributed by atoms with Gasteiger partial charge in [0.2, 0.25) is 0 Å². The van der Waals surface area contributed by atoms with Crippen molar-refractivity contribution in [3.8, 4) is 0 Å². The van der Waals surface area contributed by atoms with Gasteiger partial charge in [-0.1, -0.05) is 54.6 Å². The number of hydrogen-bond donors (Lipinski definition) is 0. The Hall–Kier alpha value is -0.240. The monoisotopic (exact) mass is 304 g/mol. The van der Waals surface area contributed by atoms with Crippen LogP contribution in [-0.4, -0.2) is 5.78 Å². The Morgan fingerprint density at radius 3 is 2.11 bits per heavy atom. The summed E-state index contributed by atoms with van der Waals surface area (Å²) in [4.78, 5) is 12.7. The molecule has 1 aliphatic rings. The van der Waals surface area contributed by atoms with Gasteiger partial charge in [-0.05, 0) is 31.4 Å². The zero-order valence-electron chi connectivity index (χ0n) is 10.2. The van der Waals surface area contributed by atoms with E-state index in [0.717, 1.165) is 32.1 Å². The van der Waals surface area contributed by atoms with E-state index in [0.29, 0.717) is 20.6 Å². The van der Waals surface area contributed by atoms with Gasteiger partial charge in [0.15, 0.2) is 5.78 Å². The summed E-state index contributed by atoms with van der Waals surface area (Å²) in [6, 6.07) is 3.17. The van der Waals surface area contributed by atoms with Gasteiger partial charge in [-0.3, -0.25) is 4.79 Å². The lowest BCUT2D eigenvalue weighted by molar-refractivity contribution is 0.0791. The van der Waals surface area contributed by atoms with Gasteiger partial charge in [-0.15, -0.1) is 0 Å². The Kier molecular flexibility index (Phi) is 4.25. The molecule has 4 heteroatoms. The van der Waals surface area contributed by atoms with Crippen molar-refractivity contribution in [1.29, 1.82) is 0 Å². The SMILES string of the molecule is CCC1(C(=O)c2c(Cl)cc(Cl)cc2Cl)CCCC1. The van der Waals surface area contributed by atoms with E-state index in [9.17, 15) is 4.79 Å². The average Bonchev–Trinajstić information content (AvgIpc) is 2.77. The lowest BCUT2D eigenvalue weighted by Crippen LogP contribution is -2.27. The fraction of sp³-hybridized carbons (Fsp3) is 0.500. The topological polar surface area (TPSA) is 17.1 Å². The molecule has 0 N–H and O–H groups in total. The van der Waals surface area contributed by atoms with Gasteiger partial charge in [0.25, 0.3) is 0 Å². The first kappa shape index (κ1) is 14.2. The minimum absolute atomic E-state index is 0.0779. The lowest BCUT2D eigenvalue weighted by atomic mass is 9.76. The van der Waals surface area contributed by atoms with Crippen molar-refractivity contribution < 1.29 is 4.79 Å². The Bertz CT molecular complexity index is 453. The predicted octanol–water partition coefficient (Wildman–Crippen LogP) is 5.80. The average molecular weight is 306 g/mol. The molecule has 2 rings (SSSR count). The zero-order chi connectivity index (χ0) is 13.3. The first-order valence-electron chi connectivity index (χ1n) is 6.19. The van der Waals surface area contributed by atoms with Crippen LogP contribution in [0.5, 0.6) is 0 Å². The van der Waals surface area contributed by atoms with Crippen LogP contribution in [0, 0.1) is 5.41 Å². The van der Waals surface area contributed by atoms with Crippen molar-refractivity contribution in [2.45, 2.75) is 39.0 Å². The number of carbonyl (C=O) groups is 1. The largest absolute Gasteiger partial charge is 0.293 e. The van der Waals surface area contributed by atoms with Crippen LogP contribution in [0.3, 0.4) is 0 Å². The Balaban J connectivity index is 2.46. The first-order chi connectivity index (χ1) is 8.50. The maximum Gasteiger partial charge on any atom is 0.171 e. The number of hydrogen-bond acceptors (Lipinski definition) is 1. The van der Waals surface area contributed by atoms with Gasteiger partial charge in [-0.25, -0.2) is 0 Å². The summed E-state index contributed by atoms with van der Waals surface area (Å²) in [6.07, 6.45) is 4.89. The van der Waals surface area contributed by atoms with Crippen molar-refractivity contribution in [3.63, 3.8) is 0 Å². The molecule has 0 aromatic heterocycles. The van der Waals surface area contributed by atoms with E-state index in [2.05, 4.69) is 6.92 Å². The molecule has 1 aromatic carbocycles. The van der Waals surface area contributed by atoms with E-state index in [4.69, 9.17) is 34.8 Å². The Labute approximate surface area is 122 Å². The third-order valence-corrected chi connectivity index (χ3v) is 4.77. The van der Waals surface area contributed by atoms with Crippen molar-refractivity contribution in [1.82, 2.24) is 0 Å². The van der Waals surface area contributed by atoms with Crippen molar-refractivity contribution in [2.75, 3.05) is 0 Å². The highest BCUT2D eigenvalue weighted by atomic mass is 35.5. The van der Waals surface area contributed by atoms with Gasteiger partial charge in [0.05, 0.1) is 15.6 Å². The highest BCUT2D eigenvalue weighted by Gasteiger charge is 2.41. The van der Waals surface area contributed by atoms with Crippen LogP contribution >= 0.6 is 34.8 Å². The summed E-state index contributed by atoms with van der Waals surface area (Å²) in [5, 5.41) is 1.17. The molecule has 1 nitrogen and oxygen atoms in total. The maximum atomic E-state index is 12.7. The van der Waals surface area contributed by atoms with E-state index < -0.39 is 0 Å². The number of benzene rings is 1. The van der Waals surface area contributed by atoms with E-state index in [-0.39, 0.29) is 11.2 Å². The van der Waals surface area contributed by atoms with Crippen molar-refractivity contribution >= 4 is 40.6 Å². The molecule has 98 valence electrons. The molecule has 0 radical (unpaired) electrons. The molecule has 0 aliphatic heterocycles. The fourth-order valence-electron chi connectivity index (χ4n) is 2.82. The molecular formula is C14H15Cl3O. The van der Waals surface area contributed by atoms with Gasteiger partial charge >= 0.3 is 0 Å². The highest BCUT2D eigenvalue weighted by molar-refractivity contribution is 6.42. The third kappa shape index (κ3) is 2.41. The molecule has 18 heavy (non-hydrogen) atoms. The number of Topliss-reactive ketones (excluding diaryl/α,β-unsaturated/α-hetero) is 1. The predicted molar refractivity (Wildman–Crippen MR) is 77.0 cm³/mol. The second-order valence-electron chi connectivity index (χ2n) is 4.91. The Morgan fingerprint density at radius 1 is 1.17 bits per heavy atom. The smallest absolute Gasteiger partial charge is 0.171 e. The van der Waals surface area contributed by atoms with E-state index in [1.54, 1.807) is 12.1 Å². The van der Waals surface area contributed by atoms with Crippen molar-refractivity contribution in [3.05, 3.63) is 32.8 Å². The normalized spacial score (nSPS) is 18.0. The molecule has 1 fully saturated rings. The zero-order valence-corrected chi connectivity index (χ0v) is 12.5. The second-order valence-corrected chi connectivity index (χ2v) is 6.17. The summed E-state index contributed by atoms with van der Waals surface area (Å²) in [5.74, 6) is 0.0779. The van der Waals surface area contributed by atoms with Crippen LogP contribution in [0.4, 0.5) is 0 Å². The van der Waals surface area contributed by atoms with Crippen LogP contribution in [-0.2, 0) is 0 Å². The Morgan fingerprint density at radius 2 is 1.67 bits per heavy atom. The molecular weight excluding hydrogens is 291 g/mol. The summed E-state index contributed by atoms with van der Waals surface area (Å²) in [5.41, 5.74) is 0.160. The van der Waals surface area contributed by atoms with E-state index in [1.165, 1.54) is 0 Å². The number of ketones is 1. The van der Waals surface area contributed by atoms with Crippen LogP contribution < -0.4 is 0 Å². The molecule has 0 bridgehead atoms. The van der Waals surface area contributed by atoms with Crippen LogP contribution in [0.15, 0.2) is 12.1 Å². The van der Waals surface area contributed by atoms with Crippen LogP contribution in [0.25, 0.3) is 0 Å². The number of rotatable bonds is 3. The molecule has 0 unspecified atom stereocenters. The second kappa shape index (κ2) is 5.40. The molecule has 0 saturated heterocycles. The molecule has 0 heterocycles. The van der Waals surface area contributed by atoms with Crippen LogP contribution in [0.2, 0.25) is 15.1 Å². The van der Waals surface area contributed by atoms with Gasteiger partial charge in [0.1, 0.15) is 0 Å². The summed E-state index contributed by atoms with van der Waals surface area (Å²) in [7, 11) is 0. The first-order valence-corrected chi connectivity index (χ1v) is 7.33. The fourth-order valence-corrected chi connectivity index (χ4v) is 3.81. The minimum atomic E-state index is -0.277. The molecule has 0 amide bonds. The van der Waals surface area contributed by atoms with Crippen molar-refractivity contribution in [2.24, 2.45) is 5.41 Å². The number of halogens is 3. The quantitative estimate of drug-likeness (QED) is 0.645. The molecule has 0 spiro atoms. The lowest BCUT2D eigenvalue weighted by Gasteiger charge is -2.26. The van der Waals surface area contributed by atoms with E-state index >= 15 is 0 Å². The minimum Gasteiger partial charge on any atom is -0.293 e. The maximum absolute atomic E-state index is 12.7. The summed E-state index contributed by atoms with van der Waals surface area (Å²) >= 11 is 18.1. The molecule has 0 atom stereocenters. The number of carbonyl (C=O) groups excluding carboxylic acids is 1. The molecule has 1 saturated carbocycles. The summed E-state index contributed by atoms with van der Waals surface area (Å²) < 4.78 is 0. The summed E-state index contributed by atoms with van der Waals surface area (Å²) in [6.45, 7) is 2.06. The van der Waals surface area contributed by atoms with Gasteiger partial charge in [0, 0.05) is 10.4 Å². The van der Waals surface area contributed by atoms with Crippen LogP contribution in [0.1, 0.15) is 49.4 Å². The third-order valence-electron chi connectivity index (χ3n) is 3.95. The highest BCUT2D eigenvalue weighted by Crippen LogP contribution is 2.46. The van der Waals surface area contributed by atoms with Gasteiger partial charge in [-0.2, -0.15) is 0 Å².